The van der Waals surface area contributed by atoms with Crippen molar-refractivity contribution in [2.45, 2.75) is 45.4 Å². The quantitative estimate of drug-likeness (QED) is 0.763. The van der Waals surface area contributed by atoms with E-state index in [9.17, 15) is 9.59 Å². The van der Waals surface area contributed by atoms with Crippen LogP contribution in [-0.2, 0) is 16.1 Å². The average molecular weight is 413 g/mol. The highest BCUT2D eigenvalue weighted by Crippen LogP contribution is 2.38. The third-order valence-electron chi connectivity index (χ3n) is 4.99. The zero-order valence-electron chi connectivity index (χ0n) is 17.5. The molecule has 1 aliphatic heterocycles. The van der Waals surface area contributed by atoms with E-state index in [4.69, 9.17) is 14.2 Å². The van der Waals surface area contributed by atoms with Crippen LogP contribution in [-0.4, -0.2) is 36.9 Å². The number of methoxy groups -OCH3 is 1. The normalized spacial score (nSPS) is 17.6. The number of amides is 2. The zero-order chi connectivity index (χ0) is 21.5. The minimum atomic E-state index is -0.543. The Balaban J connectivity index is 1.82. The largest absolute Gasteiger partial charge is 0.481 e. The van der Waals surface area contributed by atoms with Gasteiger partial charge in [-0.1, -0.05) is 37.3 Å². The molecule has 30 heavy (non-hydrogen) atoms. The summed E-state index contributed by atoms with van der Waals surface area (Å²) in [7, 11) is 1.52. The molecule has 3 rings (SSSR count). The molecule has 160 valence electrons. The number of carbonyl (C=O) groups excluding carboxylic acids is 2. The lowest BCUT2D eigenvalue weighted by Gasteiger charge is -2.39. The summed E-state index contributed by atoms with van der Waals surface area (Å²) in [4.78, 5) is 31.2. The third kappa shape index (κ3) is 4.82. The predicted molar refractivity (Wildman–Crippen MR) is 111 cm³/mol. The maximum atomic E-state index is 12.6. The van der Waals surface area contributed by atoms with Gasteiger partial charge >= 0.3 is 12.2 Å². The van der Waals surface area contributed by atoms with Crippen molar-refractivity contribution in [3.05, 3.63) is 53.7 Å². The van der Waals surface area contributed by atoms with Gasteiger partial charge in [-0.2, -0.15) is 0 Å². The molecule has 2 atom stereocenters. The van der Waals surface area contributed by atoms with Crippen molar-refractivity contribution in [2.24, 2.45) is 0 Å². The maximum absolute atomic E-state index is 12.6. The van der Waals surface area contributed by atoms with E-state index < -0.39 is 18.2 Å². The number of carbonyl (C=O) groups is 2. The number of aromatic nitrogens is 1. The number of nitrogens with one attached hydrogen (secondary N) is 1. The highest BCUT2D eigenvalue weighted by atomic mass is 16.6. The van der Waals surface area contributed by atoms with Gasteiger partial charge in [0.1, 0.15) is 6.61 Å². The minimum absolute atomic E-state index is 0.147. The zero-order valence-corrected chi connectivity index (χ0v) is 17.5. The first kappa shape index (κ1) is 21.4. The number of hydrogen-bond donors (Lipinski definition) is 1. The number of rotatable bonds is 6. The van der Waals surface area contributed by atoms with Gasteiger partial charge in [0.25, 0.3) is 0 Å². The van der Waals surface area contributed by atoms with Gasteiger partial charge in [0.15, 0.2) is 0 Å². The Morgan fingerprint density at radius 1 is 1.13 bits per heavy atom. The molecule has 0 bridgehead atoms. The molecule has 1 aromatic heterocycles. The van der Waals surface area contributed by atoms with Gasteiger partial charge in [0.05, 0.1) is 31.1 Å². The first-order chi connectivity index (χ1) is 14.6. The number of anilines is 1. The number of pyridine rings is 1. The summed E-state index contributed by atoms with van der Waals surface area (Å²) in [6, 6.07) is 12.3. The predicted octanol–water partition coefficient (Wildman–Crippen LogP) is 4.20. The van der Waals surface area contributed by atoms with E-state index in [-0.39, 0.29) is 19.3 Å². The molecule has 1 N–H and O–H groups in total. The van der Waals surface area contributed by atoms with Gasteiger partial charge in [0.2, 0.25) is 5.88 Å². The Kier molecular flexibility index (Phi) is 7.11. The van der Waals surface area contributed by atoms with Crippen molar-refractivity contribution in [2.75, 3.05) is 18.6 Å². The summed E-state index contributed by atoms with van der Waals surface area (Å²) in [6.45, 7) is 4.20. The second-order valence-corrected chi connectivity index (χ2v) is 6.88. The maximum Gasteiger partial charge on any atom is 0.414 e. The topological polar surface area (TPSA) is 90.0 Å². The average Bonchev–Trinajstić information content (AvgIpc) is 2.77. The summed E-state index contributed by atoms with van der Waals surface area (Å²) >= 11 is 0. The molecular formula is C22H27N3O5. The van der Waals surface area contributed by atoms with Crippen LogP contribution in [0.4, 0.5) is 15.3 Å². The van der Waals surface area contributed by atoms with Crippen LogP contribution in [0, 0.1) is 0 Å². The van der Waals surface area contributed by atoms with Crippen LogP contribution in [0.1, 0.15) is 44.0 Å². The molecule has 2 amide bonds. The molecule has 0 saturated carbocycles. The molecule has 2 aromatic rings. The minimum Gasteiger partial charge on any atom is -0.481 e. The fourth-order valence-corrected chi connectivity index (χ4v) is 3.53. The number of fused-ring (bicyclic) bond motifs is 1. The number of alkyl carbamates (subject to hydrolysis) is 1. The second kappa shape index (κ2) is 9.96. The van der Waals surface area contributed by atoms with Crippen LogP contribution in [0.5, 0.6) is 5.88 Å². The Labute approximate surface area is 176 Å². The van der Waals surface area contributed by atoms with E-state index in [1.807, 2.05) is 37.3 Å². The second-order valence-electron chi connectivity index (χ2n) is 6.88. The van der Waals surface area contributed by atoms with E-state index in [1.165, 1.54) is 7.11 Å². The standard InChI is InChI=1S/C22H27N3O5/c1-4-16-13-17(23-21(26)30-14-15-9-7-6-8-10-15)20-18(11-12-19(24-20)28-3)25(16)22(27)29-5-2/h6-12,16-17H,4-5,13-14H2,1-3H3,(H,23,26)/t16-,17+/m1/s1. The first-order valence-electron chi connectivity index (χ1n) is 10.1. The van der Waals surface area contributed by atoms with E-state index in [2.05, 4.69) is 10.3 Å². The summed E-state index contributed by atoms with van der Waals surface area (Å²) in [5, 5.41) is 2.89. The molecular weight excluding hydrogens is 386 g/mol. The molecule has 1 aliphatic rings. The van der Waals surface area contributed by atoms with E-state index in [0.29, 0.717) is 30.1 Å². The fourth-order valence-electron chi connectivity index (χ4n) is 3.53. The molecule has 0 saturated heterocycles. The molecule has 0 spiro atoms. The molecule has 0 aliphatic carbocycles. The van der Waals surface area contributed by atoms with Gasteiger partial charge < -0.3 is 19.5 Å². The number of nitrogens with zero attached hydrogens (tertiary/aromatic N) is 2. The van der Waals surface area contributed by atoms with Crippen molar-refractivity contribution in [3.63, 3.8) is 0 Å². The van der Waals surface area contributed by atoms with Gasteiger partial charge in [-0.05, 0) is 31.4 Å². The van der Waals surface area contributed by atoms with Crippen molar-refractivity contribution < 1.29 is 23.8 Å². The van der Waals surface area contributed by atoms with Crippen LogP contribution in [0.15, 0.2) is 42.5 Å². The Morgan fingerprint density at radius 3 is 2.57 bits per heavy atom. The monoisotopic (exact) mass is 413 g/mol. The molecule has 8 heteroatoms. The highest BCUT2D eigenvalue weighted by Gasteiger charge is 2.38. The van der Waals surface area contributed by atoms with Crippen molar-refractivity contribution in [1.82, 2.24) is 10.3 Å². The number of benzene rings is 1. The molecule has 0 radical (unpaired) electrons. The summed E-state index contributed by atoms with van der Waals surface area (Å²) in [5.74, 6) is 0.400. The van der Waals surface area contributed by atoms with Gasteiger partial charge in [-0.15, -0.1) is 0 Å². The van der Waals surface area contributed by atoms with E-state index >= 15 is 0 Å². The fraction of sp³-hybridized carbons (Fsp3) is 0.409. The molecule has 0 unspecified atom stereocenters. The van der Waals surface area contributed by atoms with Gasteiger partial charge in [-0.3, -0.25) is 4.90 Å². The highest BCUT2D eigenvalue weighted by molar-refractivity contribution is 5.90. The number of ether oxygens (including phenoxy) is 3. The molecule has 1 aromatic carbocycles. The van der Waals surface area contributed by atoms with E-state index in [1.54, 1.807) is 24.0 Å². The molecule has 2 heterocycles. The molecule has 8 nitrogen and oxygen atoms in total. The SMILES string of the molecule is CCOC(=O)N1c2ccc(OC)nc2[C@@H](NC(=O)OCc2ccccc2)C[C@H]1CC. The Morgan fingerprint density at radius 2 is 1.90 bits per heavy atom. The summed E-state index contributed by atoms with van der Waals surface area (Å²) in [5.41, 5.74) is 2.04. The van der Waals surface area contributed by atoms with Crippen LogP contribution < -0.4 is 15.0 Å². The summed E-state index contributed by atoms with van der Waals surface area (Å²) < 4.78 is 15.9. The lowest BCUT2D eigenvalue weighted by atomic mass is 9.93. The van der Waals surface area contributed by atoms with Crippen LogP contribution in [0.3, 0.4) is 0 Å². The van der Waals surface area contributed by atoms with Gasteiger partial charge in [-0.25, -0.2) is 14.6 Å². The first-order valence-corrected chi connectivity index (χ1v) is 10.1. The van der Waals surface area contributed by atoms with Gasteiger partial charge in [0, 0.05) is 12.1 Å². The van der Waals surface area contributed by atoms with Crippen molar-refractivity contribution in [1.29, 1.82) is 0 Å². The lowest BCUT2D eigenvalue weighted by molar-refractivity contribution is 0.133. The third-order valence-corrected chi connectivity index (χ3v) is 4.99. The summed E-state index contributed by atoms with van der Waals surface area (Å²) in [6.07, 6.45) is 0.214. The number of hydrogen-bond acceptors (Lipinski definition) is 6. The Hall–Kier alpha value is -3.29. The Bertz CT molecular complexity index is 874. The van der Waals surface area contributed by atoms with Crippen LogP contribution in [0.25, 0.3) is 0 Å². The van der Waals surface area contributed by atoms with E-state index in [0.717, 1.165) is 5.56 Å². The van der Waals surface area contributed by atoms with Crippen LogP contribution >= 0.6 is 0 Å². The molecule has 0 fully saturated rings. The van der Waals surface area contributed by atoms with Crippen LogP contribution in [0.2, 0.25) is 0 Å². The lowest BCUT2D eigenvalue weighted by Crippen LogP contribution is -2.48. The van der Waals surface area contributed by atoms with Crippen molar-refractivity contribution in [3.8, 4) is 5.88 Å². The van der Waals surface area contributed by atoms with Crippen molar-refractivity contribution >= 4 is 17.9 Å². The smallest absolute Gasteiger partial charge is 0.414 e.